The molecule has 1 aliphatic heterocycles. The van der Waals surface area contributed by atoms with Gasteiger partial charge in [0.05, 0.1) is 13.0 Å². The first-order valence-corrected chi connectivity index (χ1v) is 12.5. The SMILES string of the molecule is COc1ccc([C@@H]2CC(=O)C3=C(C2)NC(C)=C(C(=O)Nc2ccccn2)[C@@H]3c2sccc2C)cc1. The van der Waals surface area contributed by atoms with Gasteiger partial charge in [-0.2, -0.15) is 0 Å². The Labute approximate surface area is 208 Å². The summed E-state index contributed by atoms with van der Waals surface area (Å²) in [5.41, 5.74) is 5.13. The molecule has 2 aliphatic rings. The topological polar surface area (TPSA) is 80.3 Å². The number of ether oxygens (including phenoxy) is 1. The predicted molar refractivity (Wildman–Crippen MR) is 138 cm³/mol. The van der Waals surface area contributed by atoms with Gasteiger partial charge >= 0.3 is 0 Å². The van der Waals surface area contributed by atoms with Crippen LogP contribution in [0.3, 0.4) is 0 Å². The minimum Gasteiger partial charge on any atom is -0.497 e. The van der Waals surface area contributed by atoms with Crippen LogP contribution in [0.25, 0.3) is 0 Å². The number of nitrogens with one attached hydrogen (secondary N) is 2. The molecule has 2 aromatic heterocycles. The molecular formula is C28H27N3O3S. The molecule has 3 aromatic rings. The van der Waals surface area contributed by atoms with Crippen LogP contribution in [0, 0.1) is 6.92 Å². The Kier molecular flexibility index (Phi) is 6.26. The van der Waals surface area contributed by atoms with E-state index in [9.17, 15) is 9.59 Å². The Morgan fingerprint density at radius 3 is 2.57 bits per heavy atom. The van der Waals surface area contributed by atoms with Gasteiger partial charge in [-0.15, -0.1) is 11.3 Å². The molecule has 35 heavy (non-hydrogen) atoms. The summed E-state index contributed by atoms with van der Waals surface area (Å²) in [6, 6.07) is 15.3. The molecule has 7 heteroatoms. The average molecular weight is 486 g/mol. The fourth-order valence-electron chi connectivity index (χ4n) is 5.01. The highest BCUT2D eigenvalue weighted by Crippen LogP contribution is 2.47. The highest BCUT2D eigenvalue weighted by atomic mass is 32.1. The van der Waals surface area contributed by atoms with Gasteiger partial charge < -0.3 is 15.4 Å². The monoisotopic (exact) mass is 485 g/mol. The van der Waals surface area contributed by atoms with Gasteiger partial charge in [0.2, 0.25) is 0 Å². The Balaban J connectivity index is 1.53. The second kappa shape index (κ2) is 9.50. The maximum atomic E-state index is 13.7. The normalized spacial score (nSPS) is 19.8. The number of hydrogen-bond acceptors (Lipinski definition) is 6. The van der Waals surface area contributed by atoms with E-state index < -0.39 is 5.92 Å². The van der Waals surface area contributed by atoms with E-state index >= 15 is 0 Å². The largest absolute Gasteiger partial charge is 0.497 e. The number of ketones is 1. The van der Waals surface area contributed by atoms with Crippen molar-refractivity contribution in [3.8, 4) is 5.75 Å². The number of carbonyl (C=O) groups excluding carboxylic acids is 2. The van der Waals surface area contributed by atoms with E-state index in [1.807, 2.05) is 55.6 Å². The number of allylic oxidation sites excluding steroid dienone is 3. The first-order valence-electron chi connectivity index (χ1n) is 11.6. The highest BCUT2D eigenvalue weighted by molar-refractivity contribution is 7.10. The molecule has 1 amide bonds. The van der Waals surface area contributed by atoms with Crippen LogP contribution >= 0.6 is 11.3 Å². The van der Waals surface area contributed by atoms with Gasteiger partial charge in [-0.3, -0.25) is 9.59 Å². The summed E-state index contributed by atoms with van der Waals surface area (Å²) in [6.07, 6.45) is 2.75. The minimum atomic E-state index is -0.403. The minimum absolute atomic E-state index is 0.0708. The van der Waals surface area contributed by atoms with Gasteiger partial charge in [0, 0.05) is 40.0 Å². The van der Waals surface area contributed by atoms with E-state index in [4.69, 9.17) is 4.74 Å². The average Bonchev–Trinajstić information content (AvgIpc) is 3.29. The van der Waals surface area contributed by atoms with Crippen LogP contribution in [0.5, 0.6) is 5.75 Å². The number of amides is 1. The third-order valence-corrected chi connectivity index (χ3v) is 7.81. The van der Waals surface area contributed by atoms with Crippen LogP contribution in [-0.4, -0.2) is 23.8 Å². The Morgan fingerprint density at radius 2 is 1.91 bits per heavy atom. The van der Waals surface area contributed by atoms with Crippen molar-refractivity contribution in [2.24, 2.45) is 0 Å². The molecule has 0 radical (unpaired) electrons. The lowest BCUT2D eigenvalue weighted by Crippen LogP contribution is -2.37. The summed E-state index contributed by atoms with van der Waals surface area (Å²) in [7, 11) is 1.64. The Morgan fingerprint density at radius 1 is 1.11 bits per heavy atom. The van der Waals surface area contributed by atoms with Gasteiger partial charge in [-0.25, -0.2) is 4.98 Å². The maximum Gasteiger partial charge on any atom is 0.255 e. The Bertz CT molecular complexity index is 1340. The van der Waals surface area contributed by atoms with Crippen molar-refractivity contribution in [3.63, 3.8) is 0 Å². The van der Waals surface area contributed by atoms with Crippen molar-refractivity contribution in [2.75, 3.05) is 12.4 Å². The fourth-order valence-corrected chi connectivity index (χ4v) is 6.06. The number of methoxy groups -OCH3 is 1. The number of hydrogen-bond donors (Lipinski definition) is 2. The standard InChI is InChI=1S/C28H27N3O3S/c1-16-11-13-35-27(16)26-24(28(33)31-23-6-4-5-12-29-23)17(2)30-21-14-19(15-22(32)25(21)26)18-7-9-20(34-3)10-8-18/h4-13,19,26,30H,14-15H2,1-3H3,(H,29,31,33)/t19-,26-/m0/s1. The molecule has 2 N–H and O–H groups in total. The predicted octanol–water partition coefficient (Wildman–Crippen LogP) is 5.46. The van der Waals surface area contributed by atoms with Crippen molar-refractivity contribution < 1.29 is 14.3 Å². The van der Waals surface area contributed by atoms with Crippen LogP contribution in [0.2, 0.25) is 0 Å². The van der Waals surface area contributed by atoms with E-state index in [0.29, 0.717) is 29.8 Å². The molecule has 2 atom stereocenters. The van der Waals surface area contributed by atoms with E-state index in [1.54, 1.807) is 36.8 Å². The number of nitrogens with zero attached hydrogens (tertiary/aromatic N) is 1. The number of Topliss-reactive ketones (excluding diaryl/α,β-unsaturated/α-hetero) is 1. The van der Waals surface area contributed by atoms with Crippen LogP contribution in [0.1, 0.15) is 47.6 Å². The van der Waals surface area contributed by atoms with E-state index in [2.05, 4.69) is 15.6 Å². The number of aryl methyl sites for hydroxylation is 1. The van der Waals surface area contributed by atoms with Gasteiger partial charge in [-0.05, 0) is 73.0 Å². The summed E-state index contributed by atoms with van der Waals surface area (Å²) in [5, 5.41) is 8.37. The van der Waals surface area contributed by atoms with Crippen LogP contribution in [0.4, 0.5) is 5.82 Å². The molecule has 0 saturated heterocycles. The smallest absolute Gasteiger partial charge is 0.255 e. The lowest BCUT2D eigenvalue weighted by atomic mass is 9.73. The number of carbonyl (C=O) groups is 2. The number of dihydropyridines is 1. The van der Waals surface area contributed by atoms with Gasteiger partial charge in [-0.1, -0.05) is 18.2 Å². The molecule has 0 saturated carbocycles. The molecule has 0 fully saturated rings. The third-order valence-electron chi connectivity index (χ3n) is 6.73. The first-order chi connectivity index (χ1) is 17.0. The number of pyridine rings is 1. The molecule has 5 rings (SSSR count). The molecule has 0 bridgehead atoms. The third kappa shape index (κ3) is 4.39. The quantitative estimate of drug-likeness (QED) is 0.502. The number of aromatic nitrogens is 1. The van der Waals surface area contributed by atoms with E-state index in [0.717, 1.165) is 33.1 Å². The van der Waals surface area contributed by atoms with Crippen molar-refractivity contribution in [2.45, 2.75) is 38.5 Å². The second-order valence-corrected chi connectivity index (χ2v) is 9.88. The molecule has 3 heterocycles. The number of benzene rings is 1. The Hall–Kier alpha value is -3.71. The zero-order valence-corrected chi connectivity index (χ0v) is 20.7. The summed E-state index contributed by atoms with van der Waals surface area (Å²) in [5.74, 6) is 0.771. The van der Waals surface area contributed by atoms with Crippen molar-refractivity contribution in [3.05, 3.63) is 98.7 Å². The van der Waals surface area contributed by atoms with Crippen LogP contribution < -0.4 is 15.4 Å². The molecule has 178 valence electrons. The van der Waals surface area contributed by atoms with Crippen LogP contribution in [0.15, 0.2) is 82.6 Å². The molecule has 6 nitrogen and oxygen atoms in total. The summed E-state index contributed by atoms with van der Waals surface area (Å²) >= 11 is 1.59. The van der Waals surface area contributed by atoms with Gasteiger partial charge in [0.25, 0.3) is 5.91 Å². The second-order valence-electron chi connectivity index (χ2n) is 8.93. The highest BCUT2D eigenvalue weighted by Gasteiger charge is 2.41. The lowest BCUT2D eigenvalue weighted by molar-refractivity contribution is -0.116. The summed E-state index contributed by atoms with van der Waals surface area (Å²) < 4.78 is 5.29. The zero-order chi connectivity index (χ0) is 24.5. The van der Waals surface area contributed by atoms with Crippen molar-refractivity contribution in [1.29, 1.82) is 0 Å². The van der Waals surface area contributed by atoms with Gasteiger partial charge in [0.15, 0.2) is 5.78 Å². The van der Waals surface area contributed by atoms with E-state index in [-0.39, 0.29) is 17.6 Å². The maximum absolute atomic E-state index is 13.7. The van der Waals surface area contributed by atoms with E-state index in [1.165, 1.54) is 0 Å². The molecule has 1 aliphatic carbocycles. The van der Waals surface area contributed by atoms with Crippen molar-refractivity contribution >= 4 is 28.8 Å². The number of thiophene rings is 1. The lowest BCUT2D eigenvalue weighted by Gasteiger charge is -2.36. The number of rotatable bonds is 5. The molecule has 0 unspecified atom stereocenters. The number of anilines is 1. The fraction of sp³-hybridized carbons (Fsp3) is 0.250. The van der Waals surface area contributed by atoms with Crippen LogP contribution in [-0.2, 0) is 9.59 Å². The molecule has 0 spiro atoms. The summed E-state index contributed by atoms with van der Waals surface area (Å²) in [4.78, 5) is 32.5. The van der Waals surface area contributed by atoms with Crippen molar-refractivity contribution in [1.82, 2.24) is 10.3 Å². The van der Waals surface area contributed by atoms with Gasteiger partial charge in [0.1, 0.15) is 11.6 Å². The summed E-state index contributed by atoms with van der Waals surface area (Å²) in [6.45, 7) is 3.94. The first kappa shape index (κ1) is 23.1. The molecule has 1 aromatic carbocycles. The zero-order valence-electron chi connectivity index (χ0n) is 19.9. The molecular weight excluding hydrogens is 458 g/mol.